The highest BCUT2D eigenvalue weighted by molar-refractivity contribution is 5.96. The summed E-state index contributed by atoms with van der Waals surface area (Å²) in [6.45, 7) is 0. The minimum absolute atomic E-state index is 0.409. The predicted octanol–water partition coefficient (Wildman–Crippen LogP) is 4.77. The first-order valence-corrected chi connectivity index (χ1v) is 10.1. The molecule has 0 amide bonds. The molecule has 2 N–H and O–H groups in total. The second-order valence-electron chi connectivity index (χ2n) is 7.45. The Morgan fingerprint density at radius 3 is 2.70 bits per heavy atom. The summed E-state index contributed by atoms with van der Waals surface area (Å²) < 4.78 is 19.3. The molecule has 0 bridgehead atoms. The average molecular weight is 437 g/mol. The number of hydrogen-bond acceptors (Lipinski definition) is 6. The standard InChI is InChI=1S/C24H16FN7O/c1-33-17-8-14(7-16(25)10-17)20-22-19(4-6-27-20)29-24(30-22)21-18-9-15(12-28-23(18)32-31-21)13-3-2-5-26-11-13/h2-12H,1H3,(H,29,30)(H,28,31,32). The Morgan fingerprint density at radius 1 is 0.909 bits per heavy atom. The molecule has 0 aliphatic heterocycles. The number of rotatable bonds is 4. The van der Waals surface area contributed by atoms with Crippen LogP contribution in [0.5, 0.6) is 5.75 Å². The van der Waals surface area contributed by atoms with Crippen LogP contribution in [0, 0.1) is 5.82 Å². The van der Waals surface area contributed by atoms with Crippen molar-refractivity contribution < 1.29 is 9.13 Å². The maximum Gasteiger partial charge on any atom is 0.159 e. The summed E-state index contributed by atoms with van der Waals surface area (Å²) >= 11 is 0. The van der Waals surface area contributed by atoms with E-state index in [4.69, 9.17) is 9.72 Å². The van der Waals surface area contributed by atoms with E-state index in [1.165, 1.54) is 19.2 Å². The number of imidazole rings is 1. The van der Waals surface area contributed by atoms with Crippen LogP contribution in [0.1, 0.15) is 0 Å². The van der Waals surface area contributed by atoms with E-state index in [1.807, 2.05) is 24.3 Å². The SMILES string of the molecule is COc1cc(F)cc(-c2nccc3[nH]c(-c4n[nH]c5ncc(-c6cccnc6)cc45)nc23)c1. The summed E-state index contributed by atoms with van der Waals surface area (Å²) in [7, 11) is 1.50. The first kappa shape index (κ1) is 19.1. The molecule has 160 valence electrons. The minimum Gasteiger partial charge on any atom is -0.497 e. The van der Waals surface area contributed by atoms with Crippen molar-refractivity contribution in [2.45, 2.75) is 0 Å². The Morgan fingerprint density at radius 2 is 1.85 bits per heavy atom. The normalized spacial score (nSPS) is 11.3. The molecule has 6 aromatic rings. The van der Waals surface area contributed by atoms with E-state index >= 15 is 0 Å². The number of ether oxygens (including phenoxy) is 1. The topological polar surface area (TPSA) is 105 Å². The van der Waals surface area contributed by atoms with Crippen molar-refractivity contribution in [3.63, 3.8) is 0 Å². The Balaban J connectivity index is 1.50. The quantitative estimate of drug-likeness (QED) is 0.411. The largest absolute Gasteiger partial charge is 0.497 e. The number of aromatic nitrogens is 7. The predicted molar refractivity (Wildman–Crippen MR) is 122 cm³/mol. The van der Waals surface area contributed by atoms with Crippen LogP contribution < -0.4 is 4.74 Å². The van der Waals surface area contributed by atoms with Crippen LogP contribution in [0.15, 0.2) is 67.3 Å². The van der Waals surface area contributed by atoms with Crippen molar-refractivity contribution >= 4 is 22.1 Å². The van der Waals surface area contributed by atoms with Gasteiger partial charge in [-0.2, -0.15) is 5.10 Å². The number of benzene rings is 1. The Hall–Kier alpha value is -4.66. The van der Waals surface area contributed by atoms with Gasteiger partial charge in [-0.1, -0.05) is 6.07 Å². The molecule has 0 unspecified atom stereocenters. The molecule has 0 aliphatic rings. The van der Waals surface area contributed by atoms with Crippen LogP contribution in [0.3, 0.4) is 0 Å². The van der Waals surface area contributed by atoms with Crippen molar-refractivity contribution in [1.82, 2.24) is 35.1 Å². The van der Waals surface area contributed by atoms with Gasteiger partial charge in [0, 0.05) is 47.5 Å². The van der Waals surface area contributed by atoms with Gasteiger partial charge in [0.1, 0.15) is 22.8 Å². The van der Waals surface area contributed by atoms with E-state index in [0.29, 0.717) is 39.7 Å². The van der Waals surface area contributed by atoms with Gasteiger partial charge < -0.3 is 9.72 Å². The Labute approximate surface area is 186 Å². The molecule has 8 nitrogen and oxygen atoms in total. The molecule has 0 aliphatic carbocycles. The summed E-state index contributed by atoms with van der Waals surface area (Å²) in [5.74, 6) is 0.553. The van der Waals surface area contributed by atoms with Crippen molar-refractivity contribution in [1.29, 1.82) is 0 Å². The molecule has 1 aromatic carbocycles. The van der Waals surface area contributed by atoms with Gasteiger partial charge >= 0.3 is 0 Å². The molecule has 33 heavy (non-hydrogen) atoms. The molecule has 0 fully saturated rings. The van der Waals surface area contributed by atoms with Crippen molar-refractivity contribution in [3.8, 4) is 39.7 Å². The summed E-state index contributed by atoms with van der Waals surface area (Å²) in [4.78, 5) is 21.2. The summed E-state index contributed by atoms with van der Waals surface area (Å²) in [6, 6.07) is 12.1. The molecule has 0 spiro atoms. The van der Waals surface area contributed by atoms with Gasteiger partial charge in [0.25, 0.3) is 0 Å². The Kier molecular flexibility index (Phi) is 4.32. The fourth-order valence-electron chi connectivity index (χ4n) is 3.85. The van der Waals surface area contributed by atoms with Gasteiger partial charge in [0.2, 0.25) is 0 Å². The van der Waals surface area contributed by atoms with Crippen LogP contribution in [-0.2, 0) is 0 Å². The van der Waals surface area contributed by atoms with Crippen LogP contribution >= 0.6 is 0 Å². The van der Waals surface area contributed by atoms with Crippen LogP contribution in [0.25, 0.3) is 56.0 Å². The molecule has 0 atom stereocenters. The molecule has 5 heterocycles. The zero-order valence-corrected chi connectivity index (χ0v) is 17.4. The number of fused-ring (bicyclic) bond motifs is 2. The summed E-state index contributed by atoms with van der Waals surface area (Å²) in [5.41, 5.74) is 5.62. The van der Waals surface area contributed by atoms with Crippen molar-refractivity contribution in [2.24, 2.45) is 0 Å². The van der Waals surface area contributed by atoms with Crippen LogP contribution in [-0.4, -0.2) is 42.2 Å². The van der Waals surface area contributed by atoms with Crippen LogP contribution in [0.2, 0.25) is 0 Å². The lowest BCUT2D eigenvalue weighted by atomic mass is 10.1. The van der Waals surface area contributed by atoms with E-state index in [-0.39, 0.29) is 0 Å². The third-order valence-electron chi connectivity index (χ3n) is 5.42. The van der Waals surface area contributed by atoms with Crippen LogP contribution in [0.4, 0.5) is 4.39 Å². The van der Waals surface area contributed by atoms with E-state index in [2.05, 4.69) is 30.1 Å². The highest BCUT2D eigenvalue weighted by Crippen LogP contribution is 2.32. The molecule has 0 saturated carbocycles. The average Bonchev–Trinajstić information content (AvgIpc) is 3.47. The lowest BCUT2D eigenvalue weighted by Gasteiger charge is -2.05. The fourth-order valence-corrected chi connectivity index (χ4v) is 3.85. The van der Waals surface area contributed by atoms with Crippen molar-refractivity contribution in [2.75, 3.05) is 7.11 Å². The van der Waals surface area contributed by atoms with Gasteiger partial charge in [0.05, 0.1) is 23.7 Å². The smallest absolute Gasteiger partial charge is 0.159 e. The van der Waals surface area contributed by atoms with Gasteiger partial charge in [-0.3, -0.25) is 15.1 Å². The first-order valence-electron chi connectivity index (χ1n) is 10.1. The van der Waals surface area contributed by atoms with Crippen molar-refractivity contribution in [3.05, 3.63) is 73.1 Å². The van der Waals surface area contributed by atoms with E-state index in [9.17, 15) is 4.39 Å². The number of nitrogens with one attached hydrogen (secondary N) is 2. The second-order valence-corrected chi connectivity index (χ2v) is 7.45. The summed E-state index contributed by atoms with van der Waals surface area (Å²) in [6.07, 6.45) is 6.95. The maximum absolute atomic E-state index is 14.1. The molecular formula is C24H16FN7O. The molecule has 0 saturated heterocycles. The fraction of sp³-hybridized carbons (Fsp3) is 0.0417. The number of hydrogen-bond donors (Lipinski definition) is 2. The molecule has 6 rings (SSSR count). The molecule has 0 radical (unpaired) electrons. The second kappa shape index (κ2) is 7.49. The molecule has 5 aromatic heterocycles. The maximum atomic E-state index is 14.1. The van der Waals surface area contributed by atoms with Gasteiger partial charge in [-0.15, -0.1) is 0 Å². The lowest BCUT2D eigenvalue weighted by molar-refractivity contribution is 0.411. The zero-order valence-electron chi connectivity index (χ0n) is 17.4. The third-order valence-corrected chi connectivity index (χ3v) is 5.42. The van der Waals surface area contributed by atoms with Gasteiger partial charge in [-0.05, 0) is 30.3 Å². The summed E-state index contributed by atoms with van der Waals surface area (Å²) in [5, 5.41) is 8.22. The lowest BCUT2D eigenvalue weighted by Crippen LogP contribution is -1.90. The van der Waals surface area contributed by atoms with Gasteiger partial charge in [0.15, 0.2) is 11.5 Å². The van der Waals surface area contributed by atoms with E-state index in [1.54, 1.807) is 30.9 Å². The van der Waals surface area contributed by atoms with E-state index in [0.717, 1.165) is 22.0 Å². The molecular weight excluding hydrogens is 421 g/mol. The number of methoxy groups -OCH3 is 1. The minimum atomic E-state index is -0.411. The third kappa shape index (κ3) is 3.26. The highest BCUT2D eigenvalue weighted by Gasteiger charge is 2.17. The Bertz CT molecular complexity index is 1620. The number of nitrogens with zero attached hydrogens (tertiary/aromatic N) is 5. The zero-order chi connectivity index (χ0) is 22.4. The molecule has 9 heteroatoms. The first-order chi connectivity index (χ1) is 16.2. The van der Waals surface area contributed by atoms with E-state index < -0.39 is 5.82 Å². The highest BCUT2D eigenvalue weighted by atomic mass is 19.1. The number of H-pyrrole nitrogens is 2. The monoisotopic (exact) mass is 437 g/mol. The number of aromatic amines is 2. The number of pyridine rings is 3. The van der Waals surface area contributed by atoms with Gasteiger partial charge in [-0.25, -0.2) is 14.4 Å². The number of halogens is 1.